The van der Waals surface area contributed by atoms with Gasteiger partial charge in [-0.3, -0.25) is 9.59 Å². The number of hydrogen-bond acceptors (Lipinski definition) is 3. The minimum atomic E-state index is -0.380. The highest BCUT2D eigenvalue weighted by Gasteiger charge is 2.07. The maximum Gasteiger partial charge on any atom is 0.239 e. The summed E-state index contributed by atoms with van der Waals surface area (Å²) in [7, 11) is 1.80. The van der Waals surface area contributed by atoms with E-state index in [-0.39, 0.29) is 36.6 Å². The second-order valence-electron chi connectivity index (χ2n) is 4.58. The van der Waals surface area contributed by atoms with Crippen LogP contribution < -0.4 is 16.0 Å². The average molecular weight is 281 g/mol. The van der Waals surface area contributed by atoms with Crippen molar-refractivity contribution in [3.8, 4) is 0 Å². The van der Waals surface area contributed by atoms with Crippen molar-refractivity contribution in [2.24, 2.45) is 0 Å². The van der Waals surface area contributed by atoms with Crippen molar-refractivity contribution >= 4 is 11.8 Å². The van der Waals surface area contributed by atoms with Crippen LogP contribution in [0, 0.1) is 5.82 Å². The van der Waals surface area contributed by atoms with E-state index >= 15 is 0 Å². The summed E-state index contributed by atoms with van der Waals surface area (Å²) in [4.78, 5) is 23.1. The molecule has 0 bridgehead atoms. The second kappa shape index (κ2) is 8.27. The van der Waals surface area contributed by atoms with Crippen LogP contribution in [0.3, 0.4) is 0 Å². The number of carbonyl (C=O) groups is 2. The fraction of sp³-hybridized carbons (Fsp3) is 0.429. The molecule has 0 heterocycles. The number of amides is 2. The molecule has 0 aromatic heterocycles. The molecule has 1 rings (SSSR count). The zero-order valence-electron chi connectivity index (χ0n) is 11.7. The Balaban J connectivity index is 2.27. The van der Waals surface area contributed by atoms with Gasteiger partial charge >= 0.3 is 0 Å². The van der Waals surface area contributed by atoms with E-state index in [0.29, 0.717) is 12.1 Å². The molecule has 0 aliphatic heterocycles. The van der Waals surface area contributed by atoms with Crippen molar-refractivity contribution in [3.63, 3.8) is 0 Å². The third-order valence-electron chi connectivity index (χ3n) is 2.80. The molecule has 6 heteroatoms. The predicted octanol–water partition coefficient (Wildman–Crippen LogP) is 0.209. The maximum atomic E-state index is 12.9. The Labute approximate surface area is 117 Å². The fourth-order valence-electron chi connectivity index (χ4n) is 1.51. The summed E-state index contributed by atoms with van der Waals surface area (Å²) in [5, 5.41) is 8.17. The van der Waals surface area contributed by atoms with E-state index in [2.05, 4.69) is 16.0 Å². The SMILES string of the molecule is CNC(C)CNC(=O)CNC(=O)Cc1cccc(F)c1. The molecule has 1 atom stereocenters. The first-order chi connectivity index (χ1) is 9.51. The highest BCUT2D eigenvalue weighted by molar-refractivity contribution is 5.85. The normalized spacial score (nSPS) is 11.8. The summed E-state index contributed by atoms with van der Waals surface area (Å²) in [6.45, 7) is 2.35. The van der Waals surface area contributed by atoms with Crippen LogP contribution in [0.5, 0.6) is 0 Å². The van der Waals surface area contributed by atoms with Gasteiger partial charge in [-0.25, -0.2) is 4.39 Å². The molecule has 0 spiro atoms. The largest absolute Gasteiger partial charge is 0.353 e. The van der Waals surface area contributed by atoms with Crippen molar-refractivity contribution in [2.75, 3.05) is 20.1 Å². The standard InChI is InChI=1S/C14H20FN3O2/c1-10(16-2)8-17-14(20)9-18-13(19)7-11-4-3-5-12(15)6-11/h3-6,10,16H,7-9H2,1-2H3,(H,17,20)(H,18,19). The van der Waals surface area contributed by atoms with Crippen LogP contribution in [0.15, 0.2) is 24.3 Å². The summed E-state index contributed by atoms with van der Waals surface area (Å²) in [6, 6.07) is 6.00. The highest BCUT2D eigenvalue weighted by atomic mass is 19.1. The van der Waals surface area contributed by atoms with Crippen LogP contribution in [0.4, 0.5) is 4.39 Å². The molecule has 0 saturated carbocycles. The molecule has 0 aliphatic rings. The Morgan fingerprint density at radius 1 is 1.25 bits per heavy atom. The molecular weight excluding hydrogens is 261 g/mol. The van der Waals surface area contributed by atoms with E-state index in [0.717, 1.165) is 0 Å². The molecule has 0 saturated heterocycles. The molecule has 5 nitrogen and oxygen atoms in total. The van der Waals surface area contributed by atoms with Crippen LogP contribution in [0.1, 0.15) is 12.5 Å². The van der Waals surface area contributed by atoms with Gasteiger partial charge in [0.1, 0.15) is 5.82 Å². The average Bonchev–Trinajstić information content (AvgIpc) is 2.42. The Kier molecular flexibility index (Phi) is 6.66. The smallest absolute Gasteiger partial charge is 0.239 e. The minimum Gasteiger partial charge on any atom is -0.353 e. The minimum absolute atomic E-state index is 0.0535. The molecule has 1 aromatic rings. The van der Waals surface area contributed by atoms with Crippen molar-refractivity contribution in [1.29, 1.82) is 0 Å². The zero-order valence-corrected chi connectivity index (χ0v) is 11.7. The summed E-state index contributed by atoms with van der Waals surface area (Å²) >= 11 is 0. The summed E-state index contributed by atoms with van der Waals surface area (Å²) < 4.78 is 12.9. The Bertz CT molecular complexity index is 465. The second-order valence-corrected chi connectivity index (χ2v) is 4.58. The van der Waals surface area contributed by atoms with Gasteiger partial charge in [0.2, 0.25) is 11.8 Å². The number of benzene rings is 1. The van der Waals surface area contributed by atoms with E-state index in [4.69, 9.17) is 0 Å². The van der Waals surface area contributed by atoms with Gasteiger partial charge in [0.25, 0.3) is 0 Å². The molecule has 20 heavy (non-hydrogen) atoms. The van der Waals surface area contributed by atoms with E-state index in [1.807, 2.05) is 6.92 Å². The van der Waals surface area contributed by atoms with Crippen LogP contribution in [0.2, 0.25) is 0 Å². The lowest BCUT2D eigenvalue weighted by Crippen LogP contribution is -2.42. The number of halogens is 1. The lowest BCUT2D eigenvalue weighted by Gasteiger charge is -2.11. The Hall–Kier alpha value is -1.95. The van der Waals surface area contributed by atoms with Gasteiger partial charge in [-0.2, -0.15) is 0 Å². The summed E-state index contributed by atoms with van der Waals surface area (Å²) in [6.07, 6.45) is 0.0535. The maximum absolute atomic E-state index is 12.9. The number of hydrogen-bond donors (Lipinski definition) is 3. The first kappa shape index (κ1) is 16.1. The summed E-state index contributed by atoms with van der Waals surface area (Å²) in [5.74, 6) is -0.943. The molecule has 1 aromatic carbocycles. The highest BCUT2D eigenvalue weighted by Crippen LogP contribution is 2.03. The molecule has 1 unspecified atom stereocenters. The molecule has 3 N–H and O–H groups in total. The Morgan fingerprint density at radius 2 is 2.00 bits per heavy atom. The van der Waals surface area contributed by atoms with Gasteiger partial charge in [-0.1, -0.05) is 12.1 Å². The topological polar surface area (TPSA) is 70.2 Å². The predicted molar refractivity (Wildman–Crippen MR) is 74.6 cm³/mol. The lowest BCUT2D eigenvalue weighted by molar-refractivity contribution is -0.125. The third kappa shape index (κ3) is 6.29. The molecule has 2 amide bonds. The zero-order chi connectivity index (χ0) is 15.0. The van der Waals surface area contributed by atoms with Gasteiger partial charge in [0.15, 0.2) is 0 Å². The van der Waals surface area contributed by atoms with E-state index in [1.54, 1.807) is 19.2 Å². The van der Waals surface area contributed by atoms with Crippen molar-refractivity contribution in [1.82, 2.24) is 16.0 Å². The van der Waals surface area contributed by atoms with Crippen LogP contribution in [-0.2, 0) is 16.0 Å². The number of nitrogens with one attached hydrogen (secondary N) is 3. The molecule has 0 aliphatic carbocycles. The number of rotatable bonds is 7. The van der Waals surface area contributed by atoms with Gasteiger partial charge in [-0.15, -0.1) is 0 Å². The van der Waals surface area contributed by atoms with Crippen LogP contribution in [-0.4, -0.2) is 38.0 Å². The van der Waals surface area contributed by atoms with Crippen LogP contribution in [0.25, 0.3) is 0 Å². The number of carbonyl (C=O) groups excluding carboxylic acids is 2. The molecule has 0 radical (unpaired) electrons. The third-order valence-corrected chi connectivity index (χ3v) is 2.80. The van der Waals surface area contributed by atoms with Gasteiger partial charge in [0.05, 0.1) is 13.0 Å². The van der Waals surface area contributed by atoms with E-state index < -0.39 is 0 Å². The first-order valence-electron chi connectivity index (χ1n) is 6.46. The number of likely N-dealkylation sites (N-methyl/N-ethyl adjacent to an activating group) is 1. The lowest BCUT2D eigenvalue weighted by atomic mass is 10.1. The quantitative estimate of drug-likeness (QED) is 0.669. The van der Waals surface area contributed by atoms with Crippen molar-refractivity contribution < 1.29 is 14.0 Å². The van der Waals surface area contributed by atoms with E-state index in [1.165, 1.54) is 12.1 Å². The van der Waals surface area contributed by atoms with E-state index in [9.17, 15) is 14.0 Å². The summed E-state index contributed by atoms with van der Waals surface area (Å²) in [5.41, 5.74) is 0.576. The fourth-order valence-corrected chi connectivity index (χ4v) is 1.51. The van der Waals surface area contributed by atoms with Crippen LogP contribution >= 0.6 is 0 Å². The van der Waals surface area contributed by atoms with Crippen molar-refractivity contribution in [2.45, 2.75) is 19.4 Å². The monoisotopic (exact) mass is 281 g/mol. The van der Waals surface area contributed by atoms with Crippen molar-refractivity contribution in [3.05, 3.63) is 35.6 Å². The Morgan fingerprint density at radius 3 is 2.65 bits per heavy atom. The first-order valence-corrected chi connectivity index (χ1v) is 6.46. The van der Waals surface area contributed by atoms with Gasteiger partial charge < -0.3 is 16.0 Å². The van der Waals surface area contributed by atoms with Gasteiger partial charge in [-0.05, 0) is 31.7 Å². The molecule has 110 valence electrons. The molecular formula is C14H20FN3O2. The van der Waals surface area contributed by atoms with Gasteiger partial charge in [0, 0.05) is 12.6 Å². The molecule has 0 fully saturated rings.